The van der Waals surface area contributed by atoms with Crippen molar-refractivity contribution in [2.75, 3.05) is 0 Å². The van der Waals surface area contributed by atoms with Crippen molar-refractivity contribution in [1.82, 2.24) is 0 Å². The van der Waals surface area contributed by atoms with Gasteiger partial charge in [-0.2, -0.15) is 4.57 Å². The van der Waals surface area contributed by atoms with Gasteiger partial charge >= 0.3 is 0 Å². The smallest absolute Gasteiger partial charge is 0.207 e. The number of hydrogen-bond donors (Lipinski definition) is 0. The molecule has 0 bridgehead atoms. The SMILES string of the molecule is C1=C(c2c3ccccc3cc[n+]2Cc2ccccc2)CCCC1.Fc1c(F)c(F)c([B-](c2c(F)c(F)c(F)c(F)c2F)(c2c(F)c(F)c(F)c(F)c2F)c2c(F)c(F)c(F)c(F)c2F)c(F)c1F. The van der Waals surface area contributed by atoms with Crippen molar-refractivity contribution in [1.29, 1.82) is 0 Å². The first-order valence-electron chi connectivity index (χ1n) is 19.5. The third-order valence-corrected chi connectivity index (χ3v) is 11.4. The van der Waals surface area contributed by atoms with Crippen molar-refractivity contribution in [2.24, 2.45) is 0 Å². The van der Waals surface area contributed by atoms with Gasteiger partial charge in [-0.15, -0.1) is 21.9 Å². The molecule has 1 aliphatic carbocycles. The van der Waals surface area contributed by atoms with Crippen molar-refractivity contribution >= 4 is 44.3 Å². The molecule has 1 aliphatic rings. The summed E-state index contributed by atoms with van der Waals surface area (Å²) in [7, 11) is 0. The van der Waals surface area contributed by atoms with Crippen LogP contribution in [0.3, 0.4) is 0 Å². The Bertz CT molecular complexity index is 2830. The van der Waals surface area contributed by atoms with Gasteiger partial charge in [-0.3, -0.25) is 0 Å². The number of hydrogen-bond acceptors (Lipinski definition) is 0. The van der Waals surface area contributed by atoms with E-state index in [0.29, 0.717) is 0 Å². The first-order valence-corrected chi connectivity index (χ1v) is 19.5. The van der Waals surface area contributed by atoms with Crippen molar-refractivity contribution in [3.8, 4) is 0 Å². The van der Waals surface area contributed by atoms with E-state index in [2.05, 4.69) is 77.5 Å². The Kier molecular flexibility index (Phi) is 13.5. The topological polar surface area (TPSA) is 3.88 Å². The van der Waals surface area contributed by atoms with Crippen LogP contribution in [0.1, 0.15) is 36.9 Å². The van der Waals surface area contributed by atoms with Crippen molar-refractivity contribution in [3.63, 3.8) is 0 Å². The molecule has 0 atom stereocenters. The number of fused-ring (bicyclic) bond motifs is 1. The summed E-state index contributed by atoms with van der Waals surface area (Å²) in [5.41, 5.74) is -10.1. The highest BCUT2D eigenvalue weighted by Crippen LogP contribution is 2.32. The zero-order valence-corrected chi connectivity index (χ0v) is 33.5. The van der Waals surface area contributed by atoms with Crippen LogP contribution in [-0.4, -0.2) is 6.15 Å². The van der Waals surface area contributed by atoms with Crippen LogP contribution in [0, 0.1) is 116 Å². The standard InChI is InChI=1S/C24BF20.C22H22N/c26-5-1(6(27)14(35)21(42)13(5)34)25(2-7(28)15(36)22(43)16(37)8(2)29,3-9(30)17(38)23(44)18(39)10(3)31)4-11(32)19(40)24(45)20(41)12(4)33;1-3-9-18(10-4-1)17-23-16-15-19-11-7-8-14-21(19)22(23)20-12-5-2-6-13-20/h;1,3-4,7-12,14-16H,2,5-6,13,17H2/q-1;+1. The molecule has 0 radical (unpaired) electrons. The van der Waals surface area contributed by atoms with Gasteiger partial charge in [0.1, 0.15) is 52.7 Å². The largest absolute Gasteiger partial charge is 0.216 e. The lowest BCUT2D eigenvalue weighted by atomic mass is 9.12. The molecule has 1 nitrogen and oxygen atoms in total. The Morgan fingerprint density at radius 2 is 0.706 bits per heavy atom. The molecule has 22 heteroatoms. The summed E-state index contributed by atoms with van der Waals surface area (Å²) in [4.78, 5) is 0. The molecule has 0 N–H and O–H groups in total. The minimum absolute atomic E-state index is 0.929. The molecule has 7 aromatic rings. The molecule has 0 saturated heterocycles. The normalized spacial score (nSPS) is 12.9. The summed E-state index contributed by atoms with van der Waals surface area (Å²) in [6, 6.07) is 21.8. The Morgan fingerprint density at radius 3 is 1.06 bits per heavy atom. The van der Waals surface area contributed by atoms with Crippen LogP contribution in [-0.2, 0) is 6.54 Å². The zero-order chi connectivity index (χ0) is 49.8. The molecule has 0 aliphatic heterocycles. The fourth-order valence-electron chi connectivity index (χ4n) is 8.45. The molecular formula is C46H22BF20N. The van der Waals surface area contributed by atoms with Gasteiger partial charge in [-0.05, 0) is 37.1 Å². The van der Waals surface area contributed by atoms with Gasteiger partial charge < -0.3 is 0 Å². The maximum Gasteiger partial charge on any atom is 0.216 e. The molecule has 0 spiro atoms. The van der Waals surface area contributed by atoms with Crippen LogP contribution in [0.4, 0.5) is 87.8 Å². The lowest BCUT2D eigenvalue weighted by Gasteiger charge is -2.44. The average Bonchev–Trinajstić information content (AvgIpc) is 3.34. The Morgan fingerprint density at radius 1 is 0.368 bits per heavy atom. The summed E-state index contributed by atoms with van der Waals surface area (Å²) in [6.07, 6.45) is 2.53. The lowest BCUT2D eigenvalue weighted by molar-refractivity contribution is -0.689. The van der Waals surface area contributed by atoms with Crippen molar-refractivity contribution < 1.29 is 92.4 Å². The zero-order valence-electron chi connectivity index (χ0n) is 33.5. The van der Waals surface area contributed by atoms with Crippen LogP contribution in [0.5, 0.6) is 0 Å². The minimum atomic E-state index is -7.22. The number of rotatable bonds is 7. The van der Waals surface area contributed by atoms with Gasteiger partial charge in [0.25, 0.3) is 0 Å². The van der Waals surface area contributed by atoms with E-state index >= 15 is 35.1 Å². The van der Waals surface area contributed by atoms with Gasteiger partial charge in [0.05, 0.1) is 5.39 Å². The molecule has 1 heterocycles. The van der Waals surface area contributed by atoms with Gasteiger partial charge in [-0.1, -0.05) is 54.6 Å². The van der Waals surface area contributed by atoms with Crippen molar-refractivity contribution in [2.45, 2.75) is 32.2 Å². The molecule has 68 heavy (non-hydrogen) atoms. The predicted octanol–water partition coefficient (Wildman–Crippen LogP) is 11.0. The third-order valence-electron chi connectivity index (χ3n) is 11.4. The molecule has 8 rings (SSSR count). The molecule has 0 saturated carbocycles. The third kappa shape index (κ3) is 7.70. The number of nitrogens with zero attached hydrogens (tertiary/aromatic N) is 1. The van der Waals surface area contributed by atoms with E-state index in [1.54, 1.807) is 0 Å². The molecule has 1 aromatic heterocycles. The lowest BCUT2D eigenvalue weighted by Crippen LogP contribution is -2.81. The first-order chi connectivity index (χ1) is 32.1. The Hall–Kier alpha value is -6.87. The van der Waals surface area contributed by atoms with Crippen molar-refractivity contribution in [3.05, 3.63) is 201 Å². The monoisotopic (exact) mass is 979 g/mol. The predicted molar refractivity (Wildman–Crippen MR) is 205 cm³/mol. The number of aromatic nitrogens is 1. The van der Waals surface area contributed by atoms with Gasteiger partial charge in [-0.25, -0.2) is 87.8 Å². The summed E-state index contributed by atoms with van der Waals surface area (Å²) in [5.74, 6) is -71.4. The molecule has 0 amide bonds. The van der Waals surface area contributed by atoms with Crippen LogP contribution in [0.2, 0.25) is 0 Å². The molecule has 6 aromatic carbocycles. The van der Waals surface area contributed by atoms with Crippen LogP contribution in [0.15, 0.2) is 72.9 Å². The Labute approximate surface area is 369 Å². The van der Waals surface area contributed by atoms with Gasteiger partial charge in [0.2, 0.25) is 5.69 Å². The molecular weight excluding hydrogens is 957 g/mol. The van der Waals surface area contributed by atoms with E-state index in [0.717, 1.165) is 6.54 Å². The van der Waals surface area contributed by atoms with Gasteiger partial charge in [0, 0.05) is 17.2 Å². The van der Waals surface area contributed by atoms with E-state index in [1.165, 1.54) is 53.3 Å². The second-order valence-corrected chi connectivity index (χ2v) is 15.1. The fourth-order valence-corrected chi connectivity index (χ4v) is 8.45. The first kappa shape index (κ1) is 49.1. The number of pyridine rings is 1. The summed E-state index contributed by atoms with van der Waals surface area (Å²) < 4.78 is 296. The number of benzene rings is 6. The van der Waals surface area contributed by atoms with E-state index < -0.39 is 144 Å². The molecule has 0 unspecified atom stereocenters. The maximum atomic E-state index is 15.4. The van der Waals surface area contributed by atoms with E-state index in [9.17, 15) is 52.7 Å². The van der Waals surface area contributed by atoms with E-state index in [4.69, 9.17) is 0 Å². The second-order valence-electron chi connectivity index (χ2n) is 15.1. The second kappa shape index (κ2) is 18.7. The number of halogens is 20. The highest BCUT2D eigenvalue weighted by molar-refractivity contribution is 7.20. The Balaban J connectivity index is 0.000000246. The minimum Gasteiger partial charge on any atom is -0.207 e. The van der Waals surface area contributed by atoms with Crippen LogP contribution in [0.25, 0.3) is 16.3 Å². The number of allylic oxidation sites excluding steroid dienone is 2. The summed E-state index contributed by atoms with van der Waals surface area (Å²) in [6.45, 7) is 0.929. The fraction of sp³-hybridized carbons (Fsp3) is 0.109. The highest BCUT2D eigenvalue weighted by Gasteiger charge is 2.52. The van der Waals surface area contributed by atoms with Gasteiger partial charge in [0.15, 0.2) is 82.5 Å². The van der Waals surface area contributed by atoms with E-state index in [-0.39, 0.29) is 0 Å². The van der Waals surface area contributed by atoms with Crippen LogP contribution < -0.4 is 26.4 Å². The quantitative estimate of drug-likeness (QED) is 0.0493. The maximum absolute atomic E-state index is 15.4. The average molecular weight is 979 g/mol. The summed E-state index contributed by atoms with van der Waals surface area (Å²) >= 11 is 0. The molecule has 0 fully saturated rings. The van der Waals surface area contributed by atoms with E-state index in [1.807, 2.05) is 0 Å². The summed E-state index contributed by atoms with van der Waals surface area (Å²) in [5, 5.41) is 2.71. The molecule has 354 valence electrons. The van der Waals surface area contributed by atoms with Crippen LogP contribution >= 0.6 is 0 Å². The highest BCUT2D eigenvalue weighted by atomic mass is 19.2.